The number of thiazole rings is 1. The summed E-state index contributed by atoms with van der Waals surface area (Å²) in [6, 6.07) is 12.1. The first-order chi connectivity index (χ1) is 13.1. The molecule has 1 aromatic carbocycles. The van der Waals surface area contributed by atoms with E-state index in [1.54, 1.807) is 16.7 Å². The highest BCUT2D eigenvalue weighted by Gasteiger charge is 2.10. The van der Waals surface area contributed by atoms with Gasteiger partial charge in [0.25, 0.3) is 0 Å². The van der Waals surface area contributed by atoms with Gasteiger partial charge in [0, 0.05) is 16.8 Å². The summed E-state index contributed by atoms with van der Waals surface area (Å²) in [7, 11) is 0. The SMILES string of the molecule is Cc1cccc(CCNC(=O)Cc2csc(NC(=O)Cc3cccs3)n2)c1. The Balaban J connectivity index is 1.41. The Kier molecular flexibility index (Phi) is 6.73. The molecule has 0 aliphatic carbocycles. The lowest BCUT2D eigenvalue weighted by atomic mass is 10.1. The van der Waals surface area contributed by atoms with Crippen LogP contribution in [0.5, 0.6) is 0 Å². The van der Waals surface area contributed by atoms with Gasteiger partial charge in [0.15, 0.2) is 5.13 Å². The number of hydrogen-bond acceptors (Lipinski definition) is 5. The smallest absolute Gasteiger partial charge is 0.231 e. The number of amides is 2. The van der Waals surface area contributed by atoms with Crippen LogP contribution in [0.3, 0.4) is 0 Å². The second kappa shape index (κ2) is 9.43. The van der Waals surface area contributed by atoms with Crippen LogP contribution in [0.25, 0.3) is 0 Å². The molecule has 140 valence electrons. The number of rotatable bonds is 8. The van der Waals surface area contributed by atoms with E-state index in [0.29, 0.717) is 23.8 Å². The van der Waals surface area contributed by atoms with Crippen LogP contribution in [-0.2, 0) is 28.9 Å². The predicted molar refractivity (Wildman–Crippen MR) is 110 cm³/mol. The number of aryl methyl sites for hydroxylation is 1. The standard InChI is InChI=1S/C20H21N3O2S2/c1-14-4-2-5-15(10-14)7-8-21-18(24)11-16-13-27-20(22-16)23-19(25)12-17-6-3-9-26-17/h2-6,9-10,13H,7-8,11-12H2,1H3,(H,21,24)(H,22,23,25). The zero-order valence-corrected chi connectivity index (χ0v) is 16.7. The third kappa shape index (κ3) is 6.30. The molecule has 2 heterocycles. The van der Waals surface area contributed by atoms with Crippen LogP contribution in [0.15, 0.2) is 47.2 Å². The van der Waals surface area contributed by atoms with E-state index in [4.69, 9.17) is 0 Å². The number of carbonyl (C=O) groups excluding carboxylic acids is 2. The van der Waals surface area contributed by atoms with Gasteiger partial charge in [-0.05, 0) is 30.4 Å². The lowest BCUT2D eigenvalue weighted by molar-refractivity contribution is -0.120. The van der Waals surface area contributed by atoms with E-state index in [-0.39, 0.29) is 18.2 Å². The molecule has 0 saturated heterocycles. The van der Waals surface area contributed by atoms with Crippen molar-refractivity contribution in [3.8, 4) is 0 Å². The molecule has 27 heavy (non-hydrogen) atoms. The number of benzene rings is 1. The van der Waals surface area contributed by atoms with E-state index in [1.165, 1.54) is 22.5 Å². The fourth-order valence-corrected chi connectivity index (χ4v) is 4.05. The Morgan fingerprint density at radius 2 is 1.96 bits per heavy atom. The highest BCUT2D eigenvalue weighted by Crippen LogP contribution is 2.17. The fourth-order valence-electron chi connectivity index (χ4n) is 2.62. The third-order valence-electron chi connectivity index (χ3n) is 3.87. The molecule has 0 bridgehead atoms. The first-order valence-electron chi connectivity index (χ1n) is 8.67. The van der Waals surface area contributed by atoms with Crippen molar-refractivity contribution in [1.82, 2.24) is 10.3 Å². The van der Waals surface area contributed by atoms with Crippen LogP contribution in [0.2, 0.25) is 0 Å². The van der Waals surface area contributed by atoms with Gasteiger partial charge in [-0.15, -0.1) is 22.7 Å². The lowest BCUT2D eigenvalue weighted by Crippen LogP contribution is -2.27. The molecule has 0 spiro atoms. The summed E-state index contributed by atoms with van der Waals surface area (Å²) in [5, 5.41) is 9.99. The van der Waals surface area contributed by atoms with Gasteiger partial charge in [-0.25, -0.2) is 4.98 Å². The van der Waals surface area contributed by atoms with Gasteiger partial charge in [0.1, 0.15) is 0 Å². The Bertz CT molecular complexity index is 904. The second-order valence-corrected chi connectivity index (χ2v) is 8.10. The molecular weight excluding hydrogens is 378 g/mol. The zero-order chi connectivity index (χ0) is 19.1. The minimum atomic E-state index is -0.0963. The van der Waals surface area contributed by atoms with Crippen molar-refractivity contribution in [1.29, 1.82) is 0 Å². The van der Waals surface area contributed by atoms with Crippen LogP contribution in [0.4, 0.5) is 5.13 Å². The van der Waals surface area contributed by atoms with Crippen LogP contribution in [0.1, 0.15) is 21.7 Å². The summed E-state index contributed by atoms with van der Waals surface area (Å²) in [4.78, 5) is 29.4. The van der Waals surface area contributed by atoms with Crippen LogP contribution >= 0.6 is 22.7 Å². The molecule has 5 nitrogen and oxygen atoms in total. The highest BCUT2D eigenvalue weighted by atomic mass is 32.1. The molecule has 0 aliphatic rings. The van der Waals surface area contributed by atoms with Crippen molar-refractivity contribution < 1.29 is 9.59 Å². The Labute approximate surface area is 166 Å². The number of nitrogens with zero attached hydrogens (tertiary/aromatic N) is 1. The number of hydrogen-bond donors (Lipinski definition) is 2. The summed E-state index contributed by atoms with van der Waals surface area (Å²) in [5.41, 5.74) is 3.09. The molecular formula is C20H21N3O2S2. The number of anilines is 1. The summed E-state index contributed by atoms with van der Waals surface area (Å²) >= 11 is 2.89. The summed E-state index contributed by atoms with van der Waals surface area (Å²) < 4.78 is 0. The maximum Gasteiger partial charge on any atom is 0.231 e. The van der Waals surface area contributed by atoms with Crippen molar-refractivity contribution in [3.05, 3.63) is 68.9 Å². The number of carbonyl (C=O) groups is 2. The molecule has 2 amide bonds. The van der Waals surface area contributed by atoms with E-state index < -0.39 is 0 Å². The summed E-state index contributed by atoms with van der Waals surface area (Å²) in [6.07, 6.45) is 1.35. The van der Waals surface area contributed by atoms with Gasteiger partial charge >= 0.3 is 0 Å². The van der Waals surface area contributed by atoms with Gasteiger partial charge < -0.3 is 10.6 Å². The minimum Gasteiger partial charge on any atom is -0.355 e. The van der Waals surface area contributed by atoms with E-state index in [0.717, 1.165) is 11.3 Å². The molecule has 0 saturated carbocycles. The number of nitrogens with one attached hydrogen (secondary N) is 2. The quantitative estimate of drug-likeness (QED) is 0.608. The summed E-state index contributed by atoms with van der Waals surface area (Å²) in [6.45, 7) is 2.65. The van der Waals surface area contributed by atoms with E-state index in [1.807, 2.05) is 23.6 Å². The molecule has 3 rings (SSSR count). The highest BCUT2D eigenvalue weighted by molar-refractivity contribution is 7.14. The first-order valence-corrected chi connectivity index (χ1v) is 10.4. The van der Waals surface area contributed by atoms with Gasteiger partial charge in [-0.1, -0.05) is 35.9 Å². The van der Waals surface area contributed by atoms with Crippen molar-refractivity contribution in [3.63, 3.8) is 0 Å². The monoisotopic (exact) mass is 399 g/mol. The Morgan fingerprint density at radius 1 is 1.07 bits per heavy atom. The van der Waals surface area contributed by atoms with Gasteiger partial charge in [0.05, 0.1) is 18.5 Å². The molecule has 3 aromatic rings. The van der Waals surface area contributed by atoms with Crippen LogP contribution < -0.4 is 10.6 Å². The molecule has 0 aliphatic heterocycles. The zero-order valence-electron chi connectivity index (χ0n) is 15.0. The van der Waals surface area contributed by atoms with Crippen molar-refractivity contribution in [2.24, 2.45) is 0 Å². The molecule has 0 radical (unpaired) electrons. The topological polar surface area (TPSA) is 71.1 Å². The number of aromatic nitrogens is 1. The van der Waals surface area contributed by atoms with Crippen LogP contribution in [-0.4, -0.2) is 23.3 Å². The molecule has 0 unspecified atom stereocenters. The maximum absolute atomic E-state index is 12.1. The van der Waals surface area contributed by atoms with Crippen molar-refractivity contribution >= 4 is 39.6 Å². The van der Waals surface area contributed by atoms with Crippen molar-refractivity contribution in [2.75, 3.05) is 11.9 Å². The van der Waals surface area contributed by atoms with Gasteiger partial charge in [-0.3, -0.25) is 9.59 Å². The Hall–Kier alpha value is -2.51. The second-order valence-electron chi connectivity index (χ2n) is 6.21. The molecule has 2 aromatic heterocycles. The van der Waals surface area contributed by atoms with E-state index >= 15 is 0 Å². The normalized spacial score (nSPS) is 10.6. The lowest BCUT2D eigenvalue weighted by Gasteiger charge is -2.05. The predicted octanol–water partition coefficient (Wildman–Crippen LogP) is 3.60. The number of thiophene rings is 1. The maximum atomic E-state index is 12.1. The fraction of sp³-hybridized carbons (Fsp3) is 0.250. The Morgan fingerprint density at radius 3 is 2.74 bits per heavy atom. The van der Waals surface area contributed by atoms with Gasteiger partial charge in [0.2, 0.25) is 11.8 Å². The van der Waals surface area contributed by atoms with E-state index in [9.17, 15) is 9.59 Å². The van der Waals surface area contributed by atoms with Crippen LogP contribution in [0, 0.1) is 6.92 Å². The molecule has 0 fully saturated rings. The first kappa shape index (κ1) is 19.3. The minimum absolute atomic E-state index is 0.0654. The third-order valence-corrected chi connectivity index (χ3v) is 5.56. The average molecular weight is 400 g/mol. The summed E-state index contributed by atoms with van der Waals surface area (Å²) in [5.74, 6) is -0.162. The van der Waals surface area contributed by atoms with Crippen molar-refractivity contribution in [2.45, 2.75) is 26.2 Å². The largest absolute Gasteiger partial charge is 0.355 e. The molecule has 2 N–H and O–H groups in total. The molecule has 0 atom stereocenters. The van der Waals surface area contributed by atoms with Gasteiger partial charge in [-0.2, -0.15) is 0 Å². The molecule has 7 heteroatoms. The van der Waals surface area contributed by atoms with E-state index in [2.05, 4.69) is 40.7 Å². The average Bonchev–Trinajstić information content (AvgIpc) is 3.27.